The molecule has 0 amide bonds. The first-order valence-corrected chi connectivity index (χ1v) is 16.2. The van der Waals surface area contributed by atoms with Crippen LogP contribution < -0.4 is 0 Å². The fraction of sp³-hybridized carbons (Fsp3) is 0. The lowest BCUT2D eigenvalue weighted by Crippen LogP contribution is -1.94. The Hall–Kier alpha value is -6.38. The summed E-state index contributed by atoms with van der Waals surface area (Å²) in [4.78, 5) is 10.4. The number of hydrogen-bond donors (Lipinski definition) is 0. The van der Waals surface area contributed by atoms with Crippen molar-refractivity contribution >= 4 is 0 Å². The molecule has 0 saturated carbocycles. The van der Waals surface area contributed by atoms with Crippen LogP contribution in [0.25, 0.3) is 78.4 Å². The number of benzene rings is 6. The van der Waals surface area contributed by atoms with Gasteiger partial charge < -0.3 is 0 Å². The average molecular weight is 613 g/mol. The van der Waals surface area contributed by atoms with E-state index in [4.69, 9.17) is 9.97 Å². The lowest BCUT2D eigenvalue weighted by Gasteiger charge is -2.13. The highest BCUT2D eigenvalue weighted by Crippen LogP contribution is 2.35. The van der Waals surface area contributed by atoms with Gasteiger partial charge in [0.25, 0.3) is 0 Å². The molecule has 0 atom stereocenters. The van der Waals surface area contributed by atoms with Gasteiger partial charge in [-0.3, -0.25) is 0 Å². The van der Waals surface area contributed by atoms with Gasteiger partial charge in [0.15, 0.2) is 0 Å². The Morgan fingerprint density at radius 1 is 0.188 bits per heavy atom. The molecule has 2 heteroatoms. The molecule has 0 saturated heterocycles. The van der Waals surface area contributed by atoms with Gasteiger partial charge in [0.1, 0.15) is 0 Å². The number of aromatic nitrogens is 2. The van der Waals surface area contributed by atoms with Crippen molar-refractivity contribution in [3.63, 3.8) is 0 Å². The summed E-state index contributed by atoms with van der Waals surface area (Å²) in [5, 5.41) is 0. The number of pyridine rings is 2. The molecule has 8 rings (SSSR count). The quantitative estimate of drug-likeness (QED) is 0.179. The van der Waals surface area contributed by atoms with E-state index < -0.39 is 0 Å². The van der Waals surface area contributed by atoms with Crippen LogP contribution in [0, 0.1) is 0 Å². The van der Waals surface area contributed by atoms with Crippen molar-refractivity contribution in [3.8, 4) is 78.4 Å². The second-order valence-electron chi connectivity index (χ2n) is 11.9. The summed E-state index contributed by atoms with van der Waals surface area (Å²) in [6, 6.07) is 68.0. The van der Waals surface area contributed by atoms with Gasteiger partial charge in [-0.2, -0.15) is 0 Å². The van der Waals surface area contributed by atoms with E-state index in [1.165, 1.54) is 22.3 Å². The Morgan fingerprint density at radius 3 is 0.729 bits per heavy atom. The number of hydrogen-bond acceptors (Lipinski definition) is 2. The first kappa shape index (κ1) is 29.1. The van der Waals surface area contributed by atoms with E-state index in [-0.39, 0.29) is 0 Å². The molecule has 0 aliphatic heterocycles. The van der Waals surface area contributed by atoms with Crippen LogP contribution in [0.5, 0.6) is 0 Å². The molecule has 2 aromatic heterocycles. The smallest absolute Gasteiger partial charge is 0.0893 e. The molecule has 0 fully saturated rings. The Balaban J connectivity index is 1.21. The topological polar surface area (TPSA) is 25.8 Å². The van der Waals surface area contributed by atoms with Crippen molar-refractivity contribution < 1.29 is 0 Å². The van der Waals surface area contributed by atoms with Gasteiger partial charge in [-0.15, -0.1) is 0 Å². The lowest BCUT2D eigenvalue weighted by atomic mass is 9.94. The van der Waals surface area contributed by atoms with Crippen molar-refractivity contribution in [1.82, 2.24) is 9.97 Å². The van der Waals surface area contributed by atoms with Gasteiger partial charge in [-0.1, -0.05) is 133 Å². The normalized spacial score (nSPS) is 10.9. The predicted molar refractivity (Wildman–Crippen MR) is 200 cm³/mol. The average Bonchev–Trinajstić information content (AvgIpc) is 3.19. The molecular formula is C46H32N2. The van der Waals surface area contributed by atoms with Crippen LogP contribution >= 0.6 is 0 Å². The lowest BCUT2D eigenvalue weighted by molar-refractivity contribution is 1.25. The minimum atomic E-state index is 0.836. The van der Waals surface area contributed by atoms with Crippen molar-refractivity contribution in [2.45, 2.75) is 0 Å². The first-order chi connectivity index (χ1) is 23.8. The van der Waals surface area contributed by atoms with E-state index in [1.807, 2.05) is 12.1 Å². The third kappa shape index (κ3) is 6.20. The summed E-state index contributed by atoms with van der Waals surface area (Å²) in [5.74, 6) is 0. The monoisotopic (exact) mass is 612 g/mol. The maximum Gasteiger partial charge on any atom is 0.0893 e. The minimum Gasteiger partial charge on any atom is -0.246 e. The van der Waals surface area contributed by atoms with E-state index >= 15 is 0 Å². The summed E-state index contributed by atoms with van der Waals surface area (Å²) in [7, 11) is 0. The molecule has 2 heterocycles. The molecule has 0 aliphatic rings. The maximum atomic E-state index is 5.19. The van der Waals surface area contributed by atoms with Gasteiger partial charge in [0, 0.05) is 11.1 Å². The van der Waals surface area contributed by atoms with Crippen LogP contribution in [-0.4, -0.2) is 9.97 Å². The third-order valence-corrected chi connectivity index (χ3v) is 8.65. The zero-order chi connectivity index (χ0) is 32.1. The van der Waals surface area contributed by atoms with E-state index in [1.54, 1.807) is 0 Å². The summed E-state index contributed by atoms with van der Waals surface area (Å²) >= 11 is 0. The van der Waals surface area contributed by atoms with Crippen LogP contribution in [0.4, 0.5) is 0 Å². The zero-order valence-electron chi connectivity index (χ0n) is 26.4. The van der Waals surface area contributed by atoms with Crippen LogP contribution in [0.3, 0.4) is 0 Å². The van der Waals surface area contributed by atoms with Gasteiger partial charge >= 0.3 is 0 Å². The largest absolute Gasteiger partial charge is 0.246 e. The number of rotatable bonds is 7. The summed E-state index contributed by atoms with van der Waals surface area (Å²) in [6.07, 6.45) is 0. The van der Waals surface area contributed by atoms with E-state index in [0.717, 1.165) is 56.2 Å². The van der Waals surface area contributed by atoms with Crippen molar-refractivity contribution in [1.29, 1.82) is 0 Å². The van der Waals surface area contributed by atoms with Crippen LogP contribution in [-0.2, 0) is 0 Å². The van der Waals surface area contributed by atoms with Crippen LogP contribution in [0.2, 0.25) is 0 Å². The molecule has 48 heavy (non-hydrogen) atoms. The standard InChI is InChI=1S/C46H32N2/c1-5-15-33(16-6-1)37-27-38(34-17-7-2-8-18-34)30-41(29-37)43-23-13-25-45(47-43)46-26-14-24-44(48-46)42-31-39(35-19-9-3-10-20-35)28-40(32-42)36-21-11-4-12-22-36/h1-32H. The van der Waals surface area contributed by atoms with Crippen LogP contribution in [0.15, 0.2) is 194 Å². The Kier molecular flexibility index (Phi) is 7.96. The highest BCUT2D eigenvalue weighted by atomic mass is 14.8. The molecule has 0 aliphatic carbocycles. The van der Waals surface area contributed by atoms with E-state index in [2.05, 4.69) is 182 Å². The fourth-order valence-electron chi connectivity index (χ4n) is 6.22. The highest BCUT2D eigenvalue weighted by Gasteiger charge is 2.12. The third-order valence-electron chi connectivity index (χ3n) is 8.65. The van der Waals surface area contributed by atoms with E-state index in [0.29, 0.717) is 0 Å². The molecule has 6 aromatic carbocycles. The molecule has 0 spiro atoms. The van der Waals surface area contributed by atoms with Gasteiger partial charge in [0.2, 0.25) is 0 Å². The minimum absolute atomic E-state index is 0.836. The van der Waals surface area contributed by atoms with Gasteiger partial charge in [0.05, 0.1) is 22.8 Å². The second-order valence-corrected chi connectivity index (χ2v) is 11.9. The maximum absolute atomic E-state index is 5.19. The SMILES string of the molecule is c1ccc(-c2cc(-c3ccccc3)cc(-c3cccc(-c4cccc(-c5cc(-c6ccccc6)cc(-c6ccccc6)c5)n4)n3)c2)cc1. The van der Waals surface area contributed by atoms with E-state index in [9.17, 15) is 0 Å². The molecule has 0 unspecified atom stereocenters. The molecule has 0 radical (unpaired) electrons. The molecule has 226 valence electrons. The van der Waals surface area contributed by atoms with Gasteiger partial charge in [-0.05, 0) is 105 Å². The van der Waals surface area contributed by atoms with Crippen molar-refractivity contribution in [2.24, 2.45) is 0 Å². The molecule has 0 N–H and O–H groups in total. The van der Waals surface area contributed by atoms with Crippen LogP contribution in [0.1, 0.15) is 0 Å². The molecule has 2 nitrogen and oxygen atoms in total. The van der Waals surface area contributed by atoms with Gasteiger partial charge in [-0.25, -0.2) is 9.97 Å². The Bertz CT molecular complexity index is 2030. The first-order valence-electron chi connectivity index (χ1n) is 16.2. The zero-order valence-corrected chi connectivity index (χ0v) is 26.4. The molecule has 0 bridgehead atoms. The summed E-state index contributed by atoms with van der Waals surface area (Å²) in [6.45, 7) is 0. The predicted octanol–water partition coefficient (Wildman–Crippen LogP) is 12.1. The van der Waals surface area contributed by atoms with Crippen molar-refractivity contribution in [2.75, 3.05) is 0 Å². The molecular weight excluding hydrogens is 581 g/mol. The highest BCUT2D eigenvalue weighted by molar-refractivity contribution is 5.82. The van der Waals surface area contributed by atoms with Crippen molar-refractivity contribution in [3.05, 3.63) is 194 Å². The molecule has 8 aromatic rings. The summed E-state index contributed by atoms with van der Waals surface area (Å²) < 4.78 is 0. The summed E-state index contributed by atoms with van der Waals surface area (Å²) in [5.41, 5.74) is 15.0. The second kappa shape index (κ2) is 13.2. The number of nitrogens with zero attached hydrogens (tertiary/aromatic N) is 2. The Morgan fingerprint density at radius 2 is 0.438 bits per heavy atom. The Labute approximate surface area is 281 Å². The fourth-order valence-corrected chi connectivity index (χ4v) is 6.22.